The zero-order valence-corrected chi connectivity index (χ0v) is 20.8. The van der Waals surface area contributed by atoms with Crippen LogP contribution in [0.1, 0.15) is 26.4 Å². The Morgan fingerprint density at radius 3 is 2.27 bits per heavy atom. The maximum absolute atomic E-state index is 12.8. The fraction of sp³-hybridized carbons (Fsp3) is 0.160. The monoisotopic (exact) mass is 498 g/mol. The van der Waals surface area contributed by atoms with E-state index in [1.807, 2.05) is 38.1 Å². The van der Waals surface area contributed by atoms with Crippen molar-refractivity contribution in [2.75, 3.05) is 15.9 Å². The molecule has 0 saturated heterocycles. The van der Waals surface area contributed by atoms with Gasteiger partial charge in [0.2, 0.25) is 10.0 Å². The van der Waals surface area contributed by atoms with E-state index in [1.54, 1.807) is 42.5 Å². The third-order valence-corrected chi connectivity index (χ3v) is 7.64. The minimum absolute atomic E-state index is 0.186. The van der Waals surface area contributed by atoms with E-state index in [9.17, 15) is 13.2 Å². The molecular weight excluding hydrogens is 476 g/mol. The summed E-state index contributed by atoms with van der Waals surface area (Å²) in [6, 6.07) is 20.2. The Bertz CT molecular complexity index is 1420. The number of nitrogens with zero attached hydrogens (tertiary/aromatic N) is 1. The van der Waals surface area contributed by atoms with Crippen LogP contribution in [0.4, 0.5) is 11.4 Å². The minimum Gasteiger partial charge on any atom is -0.321 e. The predicted octanol–water partition coefficient (Wildman–Crippen LogP) is 6.39. The third-order valence-electron chi connectivity index (χ3n) is 5.13. The van der Waals surface area contributed by atoms with Crippen LogP contribution in [-0.4, -0.2) is 20.6 Å². The largest absolute Gasteiger partial charge is 0.321 e. The van der Waals surface area contributed by atoms with Gasteiger partial charge in [0.05, 0.1) is 23.4 Å². The van der Waals surface area contributed by atoms with E-state index in [2.05, 4.69) is 5.32 Å². The minimum atomic E-state index is -3.53. The van der Waals surface area contributed by atoms with Crippen LogP contribution in [0, 0.1) is 13.8 Å². The summed E-state index contributed by atoms with van der Waals surface area (Å²) in [7, 11) is -3.53. The molecule has 0 radical (unpaired) electrons. The van der Waals surface area contributed by atoms with Gasteiger partial charge in [-0.1, -0.05) is 29.8 Å². The highest BCUT2D eigenvalue weighted by Crippen LogP contribution is 2.32. The summed E-state index contributed by atoms with van der Waals surface area (Å²) in [5.41, 5.74) is 4.27. The van der Waals surface area contributed by atoms with Crippen molar-refractivity contribution < 1.29 is 13.2 Å². The summed E-state index contributed by atoms with van der Waals surface area (Å²) in [6.07, 6.45) is 1.18. The molecule has 4 rings (SSSR count). The number of benzene rings is 3. The Labute approximate surface area is 202 Å². The lowest BCUT2D eigenvalue weighted by Gasteiger charge is -2.22. The first kappa shape index (κ1) is 23.3. The van der Waals surface area contributed by atoms with Gasteiger partial charge >= 0.3 is 0 Å². The van der Waals surface area contributed by atoms with Crippen LogP contribution in [0.15, 0.2) is 66.7 Å². The van der Waals surface area contributed by atoms with Crippen LogP contribution in [0.5, 0.6) is 0 Å². The number of hydrogen-bond acceptors (Lipinski definition) is 4. The molecule has 0 atom stereocenters. The molecule has 0 fully saturated rings. The van der Waals surface area contributed by atoms with Crippen molar-refractivity contribution in [3.63, 3.8) is 0 Å². The van der Waals surface area contributed by atoms with Crippen molar-refractivity contribution in [3.8, 4) is 0 Å². The van der Waals surface area contributed by atoms with Gasteiger partial charge in [0.25, 0.3) is 5.91 Å². The molecule has 0 saturated carbocycles. The van der Waals surface area contributed by atoms with Crippen molar-refractivity contribution in [1.29, 1.82) is 0 Å². The number of aryl methyl sites for hydroxylation is 2. The molecule has 33 heavy (non-hydrogen) atoms. The quantitative estimate of drug-likeness (QED) is 0.335. The maximum atomic E-state index is 12.8. The van der Waals surface area contributed by atoms with Crippen molar-refractivity contribution in [1.82, 2.24) is 0 Å². The van der Waals surface area contributed by atoms with E-state index in [0.717, 1.165) is 32.5 Å². The van der Waals surface area contributed by atoms with E-state index in [0.29, 0.717) is 15.6 Å². The molecule has 0 aliphatic carbocycles. The number of halogens is 1. The molecule has 1 heterocycles. The van der Waals surface area contributed by atoms with Crippen LogP contribution in [0.3, 0.4) is 0 Å². The molecule has 170 valence electrons. The topological polar surface area (TPSA) is 66.5 Å². The first-order valence-corrected chi connectivity index (χ1v) is 13.3. The molecule has 1 aromatic heterocycles. The van der Waals surface area contributed by atoms with Crippen LogP contribution in [0.25, 0.3) is 10.1 Å². The lowest BCUT2D eigenvalue weighted by Crippen LogP contribution is -2.29. The molecular formula is C25H23ClN2O3S2. The zero-order chi connectivity index (χ0) is 23.8. The average molecular weight is 499 g/mol. The number of anilines is 2. The summed E-state index contributed by atoms with van der Waals surface area (Å²) < 4.78 is 27.4. The first-order chi connectivity index (χ1) is 15.6. The van der Waals surface area contributed by atoms with Gasteiger partial charge in [-0.25, -0.2) is 8.42 Å². The SMILES string of the molecule is Cc1cc(C)cc(NC(=O)c2cc3cc(N(Cc4ccc(Cl)cc4)S(C)(=O)=O)ccc3s2)c1. The number of carbonyl (C=O) groups is 1. The normalized spacial score (nSPS) is 11.5. The Balaban J connectivity index is 1.63. The zero-order valence-electron chi connectivity index (χ0n) is 18.4. The number of rotatable bonds is 6. The number of carbonyl (C=O) groups excluding carboxylic acids is 1. The van der Waals surface area contributed by atoms with E-state index in [1.165, 1.54) is 21.9 Å². The number of sulfonamides is 1. The van der Waals surface area contributed by atoms with Gasteiger partial charge in [-0.15, -0.1) is 11.3 Å². The highest BCUT2D eigenvalue weighted by atomic mass is 35.5. The van der Waals surface area contributed by atoms with Gasteiger partial charge in [-0.05, 0) is 84.5 Å². The second kappa shape index (κ2) is 9.17. The van der Waals surface area contributed by atoms with Gasteiger partial charge in [0.1, 0.15) is 0 Å². The number of amides is 1. The molecule has 0 unspecified atom stereocenters. The van der Waals surface area contributed by atoms with Gasteiger partial charge in [-0.3, -0.25) is 9.10 Å². The van der Waals surface area contributed by atoms with Crippen LogP contribution in [0.2, 0.25) is 5.02 Å². The van der Waals surface area contributed by atoms with Crippen LogP contribution >= 0.6 is 22.9 Å². The highest BCUT2D eigenvalue weighted by Gasteiger charge is 2.19. The van der Waals surface area contributed by atoms with E-state index >= 15 is 0 Å². The Morgan fingerprint density at radius 1 is 0.970 bits per heavy atom. The summed E-state index contributed by atoms with van der Waals surface area (Å²) in [6.45, 7) is 4.16. The molecule has 4 aromatic rings. The standard InChI is InChI=1S/C25H23ClN2O3S2/c1-16-10-17(2)12-21(11-16)27-25(29)24-14-19-13-22(8-9-23(19)32-24)28(33(3,30)31)15-18-4-6-20(26)7-5-18/h4-14H,15H2,1-3H3,(H,27,29). The molecule has 0 bridgehead atoms. The predicted molar refractivity (Wildman–Crippen MR) is 138 cm³/mol. The first-order valence-electron chi connectivity index (χ1n) is 10.2. The molecule has 0 aliphatic heterocycles. The van der Waals surface area contributed by atoms with E-state index in [-0.39, 0.29) is 12.5 Å². The average Bonchev–Trinajstić information content (AvgIpc) is 3.15. The highest BCUT2D eigenvalue weighted by molar-refractivity contribution is 7.92. The van der Waals surface area contributed by atoms with E-state index < -0.39 is 10.0 Å². The fourth-order valence-corrected chi connectivity index (χ4v) is 5.64. The van der Waals surface area contributed by atoms with E-state index in [4.69, 9.17) is 11.6 Å². The molecule has 1 amide bonds. The Morgan fingerprint density at radius 2 is 1.64 bits per heavy atom. The number of thiophene rings is 1. The summed E-state index contributed by atoms with van der Waals surface area (Å²) >= 11 is 7.32. The second-order valence-corrected chi connectivity index (χ2v) is 11.5. The summed E-state index contributed by atoms with van der Waals surface area (Å²) in [5, 5.41) is 4.36. The second-order valence-electron chi connectivity index (χ2n) is 8.06. The van der Waals surface area contributed by atoms with Gasteiger partial charge in [0.15, 0.2) is 0 Å². The number of hydrogen-bond donors (Lipinski definition) is 1. The van der Waals surface area contributed by atoms with Gasteiger partial charge in [-0.2, -0.15) is 0 Å². The summed E-state index contributed by atoms with van der Waals surface area (Å²) in [5.74, 6) is -0.191. The van der Waals surface area contributed by atoms with Crippen LogP contribution in [-0.2, 0) is 16.6 Å². The molecule has 0 aliphatic rings. The maximum Gasteiger partial charge on any atom is 0.265 e. The van der Waals surface area contributed by atoms with Gasteiger partial charge < -0.3 is 5.32 Å². The molecule has 5 nitrogen and oxygen atoms in total. The lowest BCUT2D eigenvalue weighted by molar-refractivity contribution is 0.103. The number of fused-ring (bicyclic) bond motifs is 1. The molecule has 8 heteroatoms. The Hall–Kier alpha value is -2.87. The summed E-state index contributed by atoms with van der Waals surface area (Å²) in [4.78, 5) is 13.4. The third kappa shape index (κ3) is 5.55. The fourth-order valence-electron chi connectivity index (χ4n) is 3.69. The molecule has 3 aromatic carbocycles. The van der Waals surface area contributed by atoms with Crippen molar-refractivity contribution >= 4 is 60.3 Å². The van der Waals surface area contributed by atoms with Crippen molar-refractivity contribution in [2.45, 2.75) is 20.4 Å². The van der Waals surface area contributed by atoms with Crippen LogP contribution < -0.4 is 9.62 Å². The smallest absolute Gasteiger partial charge is 0.265 e. The molecule has 1 N–H and O–H groups in total. The van der Waals surface area contributed by atoms with Gasteiger partial charge in [0, 0.05) is 15.4 Å². The molecule has 0 spiro atoms. The van der Waals surface area contributed by atoms with Crippen molar-refractivity contribution in [3.05, 3.63) is 93.3 Å². The number of nitrogens with one attached hydrogen (secondary N) is 1. The Kier molecular flexibility index (Phi) is 6.47. The van der Waals surface area contributed by atoms with Crippen molar-refractivity contribution in [2.24, 2.45) is 0 Å². The lowest BCUT2D eigenvalue weighted by atomic mass is 10.1.